The molecule has 3 amide bonds. The second kappa shape index (κ2) is 12.7. The Bertz CT molecular complexity index is 2010. The van der Waals surface area contributed by atoms with Crippen molar-refractivity contribution in [1.82, 2.24) is 15.2 Å². The zero-order valence-corrected chi connectivity index (χ0v) is 24.9. The Morgan fingerprint density at radius 2 is 1.48 bits per heavy atom. The maximum Gasteiger partial charge on any atom is 0.336 e. The fourth-order valence-electron chi connectivity index (χ4n) is 5.37. The van der Waals surface area contributed by atoms with Crippen molar-refractivity contribution in [1.29, 1.82) is 0 Å². The molecule has 46 heavy (non-hydrogen) atoms. The molecule has 1 atom stereocenters. The minimum absolute atomic E-state index is 0.0647. The maximum atomic E-state index is 13.6. The molecule has 228 valence electrons. The summed E-state index contributed by atoms with van der Waals surface area (Å²) in [6.07, 6.45) is 3.92. The van der Waals surface area contributed by atoms with Crippen molar-refractivity contribution in [3.05, 3.63) is 141 Å². The Labute approximate surface area is 268 Å². The van der Waals surface area contributed by atoms with E-state index in [2.05, 4.69) is 10.3 Å². The number of amides is 3. The molecule has 0 saturated carbocycles. The molecule has 1 aromatic heterocycles. The number of carboxylic acids is 1. The highest BCUT2D eigenvalue weighted by molar-refractivity contribution is 6.30. The summed E-state index contributed by atoms with van der Waals surface area (Å²) >= 11 is 5.96. The van der Waals surface area contributed by atoms with Crippen LogP contribution in [0.3, 0.4) is 0 Å². The molecule has 0 fully saturated rings. The summed E-state index contributed by atoms with van der Waals surface area (Å²) < 4.78 is 0. The standard InChI is InChI=1S/C36H26ClN3O6/c37-24-12-7-21(8-13-24)5-6-23-11-16-31-29(18-23)30(36(45)46)19-32(39-31)33(42)38-25(17-22-9-14-26(41)15-10-22)20-40-34(43)27-3-1-2-4-28(27)35(40)44/h1-16,18-19,25,41H,17,20H2,(H,38,42)(H,45,46)/b6-5+/t25-/m0/s1. The second-order valence-electron chi connectivity index (χ2n) is 10.8. The molecule has 0 aliphatic carbocycles. The van der Waals surface area contributed by atoms with Gasteiger partial charge in [-0.1, -0.05) is 66.2 Å². The number of carbonyl (C=O) groups excluding carboxylic acids is 3. The van der Waals surface area contributed by atoms with E-state index in [0.29, 0.717) is 15.9 Å². The number of carbonyl (C=O) groups is 4. The van der Waals surface area contributed by atoms with E-state index in [0.717, 1.165) is 21.6 Å². The first kappa shape index (κ1) is 30.2. The van der Waals surface area contributed by atoms with Crippen LogP contribution in [0, 0.1) is 0 Å². The van der Waals surface area contributed by atoms with Gasteiger partial charge in [0.2, 0.25) is 0 Å². The largest absolute Gasteiger partial charge is 0.508 e. The molecule has 0 bridgehead atoms. The van der Waals surface area contributed by atoms with Crippen molar-refractivity contribution in [2.24, 2.45) is 0 Å². The fourth-order valence-corrected chi connectivity index (χ4v) is 5.50. The average Bonchev–Trinajstić information content (AvgIpc) is 3.29. The third-order valence-corrected chi connectivity index (χ3v) is 7.92. The number of hydrogen-bond donors (Lipinski definition) is 3. The minimum atomic E-state index is -1.23. The van der Waals surface area contributed by atoms with Gasteiger partial charge in [0.25, 0.3) is 17.7 Å². The van der Waals surface area contributed by atoms with Crippen molar-refractivity contribution < 1.29 is 29.4 Å². The smallest absolute Gasteiger partial charge is 0.336 e. The number of hydrogen-bond acceptors (Lipinski definition) is 6. The average molecular weight is 632 g/mol. The van der Waals surface area contributed by atoms with Crippen LogP contribution < -0.4 is 5.32 Å². The number of fused-ring (bicyclic) bond motifs is 2. The lowest BCUT2D eigenvalue weighted by molar-refractivity contribution is 0.0626. The van der Waals surface area contributed by atoms with Gasteiger partial charge in [-0.15, -0.1) is 0 Å². The highest BCUT2D eigenvalue weighted by Crippen LogP contribution is 2.25. The van der Waals surface area contributed by atoms with Gasteiger partial charge in [0.05, 0.1) is 28.2 Å². The van der Waals surface area contributed by atoms with Crippen LogP contribution in [0.5, 0.6) is 5.75 Å². The number of carboxylic acid groups (broad SMARTS) is 1. The molecule has 6 rings (SSSR count). The molecule has 3 N–H and O–H groups in total. The van der Waals surface area contributed by atoms with E-state index >= 15 is 0 Å². The first-order valence-corrected chi connectivity index (χ1v) is 14.7. The highest BCUT2D eigenvalue weighted by atomic mass is 35.5. The molecule has 1 aliphatic rings. The topological polar surface area (TPSA) is 137 Å². The molecule has 5 aromatic rings. The van der Waals surface area contributed by atoms with Crippen LogP contribution in [0.4, 0.5) is 0 Å². The number of aromatic carboxylic acids is 1. The van der Waals surface area contributed by atoms with E-state index < -0.39 is 29.7 Å². The van der Waals surface area contributed by atoms with Crippen LogP contribution in [0.25, 0.3) is 23.1 Å². The third-order valence-electron chi connectivity index (χ3n) is 7.67. The summed E-state index contributed by atoms with van der Waals surface area (Å²) in [7, 11) is 0. The lowest BCUT2D eigenvalue weighted by atomic mass is 10.0. The van der Waals surface area contributed by atoms with Crippen molar-refractivity contribution >= 4 is 58.3 Å². The van der Waals surface area contributed by atoms with E-state index in [9.17, 15) is 29.4 Å². The summed E-state index contributed by atoms with van der Waals surface area (Å²) in [5.41, 5.74) is 3.02. The van der Waals surface area contributed by atoms with Gasteiger partial charge < -0.3 is 15.5 Å². The number of halogens is 1. The van der Waals surface area contributed by atoms with Crippen LogP contribution in [-0.4, -0.2) is 56.4 Å². The third kappa shape index (κ3) is 6.36. The van der Waals surface area contributed by atoms with Gasteiger partial charge >= 0.3 is 5.97 Å². The van der Waals surface area contributed by atoms with Crippen molar-refractivity contribution in [3.8, 4) is 5.75 Å². The lowest BCUT2D eigenvalue weighted by Gasteiger charge is -2.24. The molecule has 9 nitrogen and oxygen atoms in total. The Balaban J connectivity index is 1.28. The van der Waals surface area contributed by atoms with Gasteiger partial charge in [-0.2, -0.15) is 0 Å². The molecule has 10 heteroatoms. The summed E-state index contributed by atoms with van der Waals surface area (Å²) in [5, 5.41) is 23.6. The van der Waals surface area contributed by atoms with E-state index in [1.807, 2.05) is 24.3 Å². The van der Waals surface area contributed by atoms with Crippen molar-refractivity contribution in [3.63, 3.8) is 0 Å². The summed E-state index contributed by atoms with van der Waals surface area (Å²) in [4.78, 5) is 57.7. The molecule has 4 aromatic carbocycles. The molecule has 0 saturated heterocycles. The van der Waals surface area contributed by atoms with Crippen LogP contribution in [0.15, 0.2) is 97.1 Å². The lowest BCUT2D eigenvalue weighted by Crippen LogP contribution is -2.47. The van der Waals surface area contributed by atoms with Crippen LogP contribution in [0.1, 0.15) is 58.3 Å². The number of rotatable bonds is 9. The maximum absolute atomic E-state index is 13.6. The normalized spacial score (nSPS) is 13.3. The SMILES string of the molecule is O=C(N[C@@H](Cc1ccc(O)cc1)CN1C(=O)c2ccccc2C1=O)c1cc(C(=O)O)c2cc(/C=C/c3ccc(Cl)cc3)ccc2n1. The van der Waals surface area contributed by atoms with Gasteiger partial charge in [0, 0.05) is 17.0 Å². The zero-order chi connectivity index (χ0) is 32.4. The molecule has 0 unspecified atom stereocenters. The number of nitrogens with one attached hydrogen (secondary N) is 1. The molecule has 2 heterocycles. The quantitative estimate of drug-likeness (QED) is 0.132. The highest BCUT2D eigenvalue weighted by Gasteiger charge is 2.36. The van der Waals surface area contributed by atoms with E-state index in [1.165, 1.54) is 18.2 Å². The van der Waals surface area contributed by atoms with E-state index in [1.54, 1.807) is 66.7 Å². The molecular formula is C36H26ClN3O6. The number of phenolic OH excluding ortho intramolecular Hbond substituents is 1. The van der Waals surface area contributed by atoms with Crippen LogP contribution in [-0.2, 0) is 6.42 Å². The molecular weight excluding hydrogens is 606 g/mol. The molecule has 0 spiro atoms. The minimum Gasteiger partial charge on any atom is -0.508 e. The van der Waals surface area contributed by atoms with Gasteiger partial charge in [-0.3, -0.25) is 19.3 Å². The number of phenols is 1. The number of aromatic hydroxyl groups is 1. The number of imide groups is 1. The number of nitrogens with zero attached hydrogens (tertiary/aromatic N) is 2. The van der Waals surface area contributed by atoms with E-state index in [4.69, 9.17) is 11.6 Å². The van der Waals surface area contributed by atoms with Gasteiger partial charge in [0.1, 0.15) is 11.4 Å². The van der Waals surface area contributed by atoms with Crippen molar-refractivity contribution in [2.45, 2.75) is 12.5 Å². The van der Waals surface area contributed by atoms with E-state index in [-0.39, 0.29) is 41.1 Å². The first-order chi connectivity index (χ1) is 22.2. The van der Waals surface area contributed by atoms with Gasteiger partial charge in [-0.25, -0.2) is 9.78 Å². The second-order valence-corrected chi connectivity index (χ2v) is 11.3. The number of pyridine rings is 1. The Kier molecular flexibility index (Phi) is 8.33. The fraction of sp³-hybridized carbons (Fsp3) is 0.0833. The first-order valence-electron chi connectivity index (χ1n) is 14.3. The monoisotopic (exact) mass is 631 g/mol. The summed E-state index contributed by atoms with van der Waals surface area (Å²) in [5.74, 6) is -2.77. The Hall–Kier alpha value is -5.80. The number of aromatic nitrogens is 1. The van der Waals surface area contributed by atoms with Crippen molar-refractivity contribution in [2.75, 3.05) is 6.54 Å². The van der Waals surface area contributed by atoms with Crippen LogP contribution >= 0.6 is 11.6 Å². The number of benzene rings is 4. The zero-order valence-electron chi connectivity index (χ0n) is 24.2. The predicted molar refractivity (Wildman–Crippen MR) is 174 cm³/mol. The Morgan fingerprint density at radius 1 is 0.848 bits per heavy atom. The summed E-state index contributed by atoms with van der Waals surface area (Å²) in [6.45, 7) is -0.137. The van der Waals surface area contributed by atoms with Gasteiger partial charge in [-0.05, 0) is 77.7 Å². The summed E-state index contributed by atoms with van der Waals surface area (Å²) in [6, 6.07) is 25.7. The Morgan fingerprint density at radius 3 is 2.13 bits per heavy atom. The predicted octanol–water partition coefficient (Wildman–Crippen LogP) is 6.10. The van der Waals surface area contributed by atoms with Crippen LogP contribution in [0.2, 0.25) is 5.02 Å². The van der Waals surface area contributed by atoms with Gasteiger partial charge in [0.15, 0.2) is 0 Å². The molecule has 0 radical (unpaired) electrons. The molecule has 1 aliphatic heterocycles.